The molecule has 27 heavy (non-hydrogen) atoms. The Labute approximate surface area is 161 Å². The zero-order chi connectivity index (χ0) is 19.2. The van der Waals surface area contributed by atoms with E-state index in [9.17, 15) is 0 Å². The summed E-state index contributed by atoms with van der Waals surface area (Å²) in [6.07, 6.45) is 0. The molecule has 0 radical (unpaired) electrons. The number of guanidine groups is 1. The predicted octanol–water partition coefficient (Wildman–Crippen LogP) is 3.47. The molecule has 3 rings (SSSR count). The zero-order valence-corrected chi connectivity index (χ0v) is 16.5. The van der Waals surface area contributed by atoms with Crippen molar-refractivity contribution in [1.29, 1.82) is 0 Å². The van der Waals surface area contributed by atoms with Gasteiger partial charge in [-0.15, -0.1) is 0 Å². The summed E-state index contributed by atoms with van der Waals surface area (Å²) < 4.78 is 0. The first-order valence-corrected chi connectivity index (χ1v) is 9.13. The largest absolute Gasteiger partial charge is 0.363 e. The lowest BCUT2D eigenvalue weighted by molar-refractivity contribution is 0.811. The highest BCUT2D eigenvalue weighted by molar-refractivity contribution is 5.85. The summed E-state index contributed by atoms with van der Waals surface area (Å²) in [6, 6.07) is 18.9. The van der Waals surface area contributed by atoms with Crippen LogP contribution in [0.25, 0.3) is 10.9 Å². The van der Waals surface area contributed by atoms with Crippen molar-refractivity contribution < 1.29 is 0 Å². The van der Waals surface area contributed by atoms with Crippen LogP contribution in [0, 0.1) is 6.92 Å². The van der Waals surface area contributed by atoms with Gasteiger partial charge < -0.3 is 15.5 Å². The second-order valence-electron chi connectivity index (χ2n) is 6.82. The molecule has 3 aromatic rings. The minimum atomic E-state index is 0.678. The highest BCUT2D eigenvalue weighted by Gasteiger charge is 2.08. The van der Waals surface area contributed by atoms with Crippen LogP contribution >= 0.6 is 0 Å². The van der Waals surface area contributed by atoms with Gasteiger partial charge in [0.2, 0.25) is 0 Å². The second kappa shape index (κ2) is 8.54. The number of anilines is 1. The number of aromatic nitrogens is 1. The maximum Gasteiger partial charge on any atom is 0.191 e. The highest BCUT2D eigenvalue weighted by atomic mass is 15.2. The molecule has 0 spiro atoms. The monoisotopic (exact) mass is 361 g/mol. The second-order valence-corrected chi connectivity index (χ2v) is 6.82. The van der Waals surface area contributed by atoms with Gasteiger partial charge in [0.25, 0.3) is 0 Å². The van der Waals surface area contributed by atoms with Gasteiger partial charge in [-0.2, -0.15) is 0 Å². The predicted molar refractivity (Wildman–Crippen MR) is 114 cm³/mol. The number of pyridine rings is 1. The van der Waals surface area contributed by atoms with Crippen LogP contribution in [0.2, 0.25) is 0 Å². The number of nitrogens with one attached hydrogen (secondary N) is 2. The molecule has 0 amide bonds. The van der Waals surface area contributed by atoms with E-state index < -0.39 is 0 Å². The van der Waals surface area contributed by atoms with E-state index >= 15 is 0 Å². The number of fused-ring (bicyclic) bond motifs is 1. The Morgan fingerprint density at radius 2 is 1.70 bits per heavy atom. The molecule has 0 aliphatic heterocycles. The number of benzene rings is 2. The molecule has 1 aromatic heterocycles. The van der Waals surface area contributed by atoms with Crippen molar-refractivity contribution in [2.24, 2.45) is 4.99 Å². The van der Waals surface area contributed by atoms with E-state index in [1.165, 1.54) is 16.7 Å². The Kier molecular flexibility index (Phi) is 5.91. The Hall–Kier alpha value is -3.08. The summed E-state index contributed by atoms with van der Waals surface area (Å²) in [5.74, 6) is 1.73. The molecule has 5 nitrogen and oxygen atoms in total. The van der Waals surface area contributed by atoms with Crippen molar-refractivity contribution in [3.05, 3.63) is 71.3 Å². The SMILES string of the molecule is CN=C(NCc1ccc(C)cc1)NCc1cc(N(C)C)nc2ccccc12. The van der Waals surface area contributed by atoms with Gasteiger partial charge in [-0.25, -0.2) is 4.98 Å². The van der Waals surface area contributed by atoms with Crippen molar-refractivity contribution in [3.63, 3.8) is 0 Å². The Bertz CT molecular complexity index is 929. The maximum absolute atomic E-state index is 4.72. The summed E-state index contributed by atoms with van der Waals surface area (Å²) >= 11 is 0. The lowest BCUT2D eigenvalue weighted by atomic mass is 10.1. The van der Waals surface area contributed by atoms with Gasteiger partial charge in [-0.3, -0.25) is 4.99 Å². The first-order valence-electron chi connectivity index (χ1n) is 9.13. The number of aliphatic imine (C=N–C) groups is 1. The maximum atomic E-state index is 4.72. The molecule has 2 N–H and O–H groups in total. The van der Waals surface area contributed by atoms with Gasteiger partial charge in [-0.05, 0) is 30.2 Å². The average Bonchev–Trinajstić information content (AvgIpc) is 2.69. The minimum Gasteiger partial charge on any atom is -0.363 e. The van der Waals surface area contributed by atoms with E-state index in [2.05, 4.69) is 65.0 Å². The van der Waals surface area contributed by atoms with Crippen LogP contribution in [-0.2, 0) is 13.1 Å². The smallest absolute Gasteiger partial charge is 0.191 e. The van der Waals surface area contributed by atoms with Gasteiger partial charge in [0, 0.05) is 39.6 Å². The lowest BCUT2D eigenvalue weighted by Gasteiger charge is -2.17. The van der Waals surface area contributed by atoms with Gasteiger partial charge in [0.15, 0.2) is 5.96 Å². The average molecular weight is 361 g/mol. The molecule has 0 aliphatic rings. The fraction of sp³-hybridized carbons (Fsp3) is 0.273. The molecular formula is C22H27N5. The highest BCUT2D eigenvalue weighted by Crippen LogP contribution is 2.21. The molecular weight excluding hydrogens is 334 g/mol. The summed E-state index contributed by atoms with van der Waals surface area (Å²) in [5.41, 5.74) is 4.70. The van der Waals surface area contributed by atoms with Crippen LogP contribution in [0.1, 0.15) is 16.7 Å². The van der Waals surface area contributed by atoms with E-state index in [0.717, 1.165) is 29.2 Å². The van der Waals surface area contributed by atoms with Crippen LogP contribution in [0.15, 0.2) is 59.6 Å². The molecule has 0 bridgehead atoms. The number of nitrogens with zero attached hydrogens (tertiary/aromatic N) is 3. The summed E-state index contributed by atoms with van der Waals surface area (Å²) in [6.45, 7) is 3.51. The van der Waals surface area contributed by atoms with Crippen molar-refractivity contribution in [3.8, 4) is 0 Å². The minimum absolute atomic E-state index is 0.678. The summed E-state index contributed by atoms with van der Waals surface area (Å²) in [4.78, 5) is 11.1. The number of para-hydroxylation sites is 1. The third-order valence-electron chi connectivity index (χ3n) is 4.50. The van der Waals surface area contributed by atoms with Crippen LogP contribution in [0.4, 0.5) is 5.82 Å². The van der Waals surface area contributed by atoms with Crippen LogP contribution in [0.3, 0.4) is 0 Å². The quantitative estimate of drug-likeness (QED) is 0.540. The first-order chi connectivity index (χ1) is 13.1. The van der Waals surface area contributed by atoms with Crippen molar-refractivity contribution in [2.45, 2.75) is 20.0 Å². The lowest BCUT2D eigenvalue weighted by Crippen LogP contribution is -2.36. The van der Waals surface area contributed by atoms with Crippen molar-refractivity contribution in [1.82, 2.24) is 15.6 Å². The number of rotatable bonds is 5. The van der Waals surface area contributed by atoms with E-state index in [1.54, 1.807) is 7.05 Å². The zero-order valence-electron chi connectivity index (χ0n) is 16.5. The molecule has 0 saturated heterocycles. The fourth-order valence-electron chi connectivity index (χ4n) is 2.90. The molecule has 0 saturated carbocycles. The van der Waals surface area contributed by atoms with Gasteiger partial charge in [-0.1, -0.05) is 48.0 Å². The van der Waals surface area contributed by atoms with Crippen LogP contribution in [0.5, 0.6) is 0 Å². The summed E-state index contributed by atoms with van der Waals surface area (Å²) in [5, 5.41) is 7.95. The molecule has 140 valence electrons. The van der Waals surface area contributed by atoms with Crippen molar-refractivity contribution in [2.75, 3.05) is 26.0 Å². The van der Waals surface area contributed by atoms with Gasteiger partial charge in [0.1, 0.15) is 5.82 Å². The van der Waals surface area contributed by atoms with E-state index in [0.29, 0.717) is 6.54 Å². The van der Waals surface area contributed by atoms with E-state index in [-0.39, 0.29) is 0 Å². The fourth-order valence-corrected chi connectivity index (χ4v) is 2.90. The number of aryl methyl sites for hydroxylation is 1. The Morgan fingerprint density at radius 1 is 1.00 bits per heavy atom. The van der Waals surface area contributed by atoms with E-state index in [1.807, 2.05) is 31.1 Å². The molecule has 0 atom stereocenters. The molecule has 5 heteroatoms. The molecule has 0 aliphatic carbocycles. The summed E-state index contributed by atoms with van der Waals surface area (Å²) in [7, 11) is 5.81. The standard InChI is InChI=1S/C22H27N5/c1-16-9-11-17(12-10-16)14-24-22(23-2)25-15-18-13-21(27(3)4)26-20-8-6-5-7-19(18)20/h5-13H,14-15H2,1-4H3,(H2,23,24,25). The molecule has 2 aromatic carbocycles. The van der Waals surface area contributed by atoms with Gasteiger partial charge in [0.05, 0.1) is 5.52 Å². The Morgan fingerprint density at radius 3 is 2.41 bits per heavy atom. The number of hydrogen-bond acceptors (Lipinski definition) is 3. The molecule has 1 heterocycles. The molecule has 0 unspecified atom stereocenters. The van der Waals surface area contributed by atoms with Crippen LogP contribution in [-0.4, -0.2) is 32.1 Å². The normalized spacial score (nSPS) is 11.5. The topological polar surface area (TPSA) is 52.6 Å². The number of hydrogen-bond donors (Lipinski definition) is 2. The van der Waals surface area contributed by atoms with Crippen molar-refractivity contribution >= 4 is 22.7 Å². The Balaban J connectivity index is 1.71. The van der Waals surface area contributed by atoms with Crippen LogP contribution < -0.4 is 15.5 Å². The molecule has 0 fully saturated rings. The van der Waals surface area contributed by atoms with Gasteiger partial charge >= 0.3 is 0 Å². The third-order valence-corrected chi connectivity index (χ3v) is 4.50. The van der Waals surface area contributed by atoms with E-state index in [4.69, 9.17) is 4.98 Å². The third kappa shape index (κ3) is 4.76. The first kappa shape index (κ1) is 18.7.